The van der Waals surface area contributed by atoms with Crippen LogP contribution in [0, 0.1) is 27.7 Å². The van der Waals surface area contributed by atoms with E-state index in [-0.39, 0.29) is 23.7 Å². The van der Waals surface area contributed by atoms with Crippen LogP contribution in [0.1, 0.15) is 88.5 Å². The topological polar surface area (TPSA) is 160 Å². The van der Waals surface area contributed by atoms with Gasteiger partial charge in [-0.3, -0.25) is 19.0 Å². The highest BCUT2D eigenvalue weighted by atomic mass is 16.5. The Hall–Kier alpha value is -4.17. The van der Waals surface area contributed by atoms with Gasteiger partial charge >= 0.3 is 5.97 Å². The van der Waals surface area contributed by atoms with Gasteiger partial charge in [0.05, 0.1) is 0 Å². The maximum absolute atomic E-state index is 12.8. The second-order valence-corrected chi connectivity index (χ2v) is 12.5. The summed E-state index contributed by atoms with van der Waals surface area (Å²) in [7, 11) is 3.67. The quantitative estimate of drug-likeness (QED) is 0.292. The first-order valence-electron chi connectivity index (χ1n) is 16.9. The van der Waals surface area contributed by atoms with Gasteiger partial charge in [0.1, 0.15) is 11.6 Å². The number of pyridine rings is 1. The van der Waals surface area contributed by atoms with Crippen molar-refractivity contribution in [3.05, 3.63) is 55.8 Å². The van der Waals surface area contributed by atoms with Crippen LogP contribution in [0.2, 0.25) is 0 Å². The molecule has 3 aromatic rings. The first-order chi connectivity index (χ1) is 22.9. The molecule has 14 nitrogen and oxygen atoms in total. The third kappa shape index (κ3) is 8.09. The molecular formula is C34H52N8O6. The standard InChI is InChI=1S/C21H31N5O3.C13H21N3O3/c1-6-26(16-7-9-29-10-8-16)21-15(4)18(24-25(21)5)20(28)22-12-17-13(2)11-14(3)23-19(17)27;1-4-16(10-5-7-19-8-6-10)12-9(2)11(13(17)18)14-15(12)3/h11,16H,6-10,12H2,1-5H3,(H,22,28)(H,23,27);10H,4-8H2,1-3H3,(H,17,18). The van der Waals surface area contributed by atoms with Crippen molar-refractivity contribution in [2.45, 2.75) is 85.9 Å². The van der Waals surface area contributed by atoms with Gasteiger partial charge in [-0.15, -0.1) is 0 Å². The van der Waals surface area contributed by atoms with E-state index in [0.29, 0.717) is 23.3 Å². The number of carboxylic acid groups (broad SMARTS) is 1. The van der Waals surface area contributed by atoms with Crippen LogP contribution in [0.3, 0.4) is 0 Å². The lowest BCUT2D eigenvalue weighted by atomic mass is 10.1. The molecule has 2 aliphatic rings. The predicted octanol–water partition coefficient (Wildman–Crippen LogP) is 3.40. The minimum Gasteiger partial charge on any atom is -0.476 e. The van der Waals surface area contributed by atoms with Gasteiger partial charge in [0, 0.05) is 94.6 Å². The first kappa shape index (κ1) is 36.7. The van der Waals surface area contributed by atoms with E-state index in [4.69, 9.17) is 14.6 Å². The summed E-state index contributed by atoms with van der Waals surface area (Å²) in [6.07, 6.45) is 3.88. The summed E-state index contributed by atoms with van der Waals surface area (Å²) in [5.41, 5.74) is 4.20. The molecule has 0 spiro atoms. The van der Waals surface area contributed by atoms with Gasteiger partial charge in [-0.2, -0.15) is 10.2 Å². The monoisotopic (exact) mass is 668 g/mol. The Kier molecular flexibility index (Phi) is 12.4. The molecule has 0 saturated carbocycles. The molecule has 0 atom stereocenters. The van der Waals surface area contributed by atoms with Crippen molar-refractivity contribution in [2.24, 2.45) is 14.1 Å². The summed E-state index contributed by atoms with van der Waals surface area (Å²) in [5, 5.41) is 20.6. The number of aromatic amines is 1. The normalized spacial score (nSPS) is 15.5. The molecule has 3 aromatic heterocycles. The largest absolute Gasteiger partial charge is 0.476 e. The number of H-pyrrole nitrogens is 1. The lowest BCUT2D eigenvalue weighted by Gasteiger charge is -2.35. The van der Waals surface area contributed by atoms with Gasteiger partial charge in [-0.1, -0.05) is 0 Å². The molecule has 0 radical (unpaired) electrons. The van der Waals surface area contributed by atoms with Gasteiger partial charge in [-0.05, 0) is 78.9 Å². The molecule has 5 rings (SSSR count). The predicted molar refractivity (Wildman–Crippen MR) is 184 cm³/mol. The van der Waals surface area contributed by atoms with Gasteiger partial charge in [0.25, 0.3) is 11.5 Å². The lowest BCUT2D eigenvalue weighted by Crippen LogP contribution is -2.40. The molecule has 3 N–H and O–H groups in total. The Morgan fingerprint density at radius 2 is 1.33 bits per heavy atom. The second kappa shape index (κ2) is 16.3. The molecule has 2 aliphatic heterocycles. The van der Waals surface area contributed by atoms with E-state index in [0.717, 1.165) is 99.2 Å². The Labute approximate surface area is 282 Å². The molecule has 48 heavy (non-hydrogen) atoms. The number of aromatic carboxylic acids is 1. The number of carbonyl (C=O) groups excluding carboxylic acids is 1. The van der Waals surface area contributed by atoms with E-state index in [2.05, 4.69) is 44.1 Å². The number of hydrogen-bond donors (Lipinski definition) is 3. The zero-order chi connectivity index (χ0) is 35.1. The number of nitrogens with one attached hydrogen (secondary N) is 2. The Morgan fingerprint density at radius 3 is 1.75 bits per heavy atom. The number of amides is 1. The van der Waals surface area contributed by atoms with Crippen molar-refractivity contribution >= 4 is 23.5 Å². The molecule has 2 fully saturated rings. The smallest absolute Gasteiger partial charge is 0.356 e. The molecule has 0 unspecified atom stereocenters. The Morgan fingerprint density at radius 1 is 0.875 bits per heavy atom. The van der Waals surface area contributed by atoms with Crippen LogP contribution in [0.15, 0.2) is 10.9 Å². The van der Waals surface area contributed by atoms with Gasteiger partial charge < -0.3 is 34.7 Å². The van der Waals surface area contributed by atoms with E-state index in [1.807, 2.05) is 40.8 Å². The SMILES string of the molecule is CCN(c1c(C)c(C(=O)NCc2c(C)cc(C)[nH]c2=O)nn1C)C1CCOCC1.CCN(c1c(C)c(C(=O)O)nn1C)C1CCOCC1. The average molecular weight is 669 g/mol. The van der Waals surface area contributed by atoms with Crippen molar-refractivity contribution in [1.29, 1.82) is 0 Å². The minimum absolute atomic E-state index is 0.142. The maximum Gasteiger partial charge on any atom is 0.356 e. The number of nitrogens with zero attached hydrogens (tertiary/aromatic N) is 6. The van der Waals surface area contributed by atoms with Crippen molar-refractivity contribution in [1.82, 2.24) is 29.9 Å². The van der Waals surface area contributed by atoms with Crippen LogP contribution >= 0.6 is 0 Å². The lowest BCUT2D eigenvalue weighted by molar-refractivity contribution is 0.0688. The molecule has 14 heteroatoms. The van der Waals surface area contributed by atoms with Crippen LogP contribution in [0.5, 0.6) is 0 Å². The Bertz CT molecular complexity index is 1630. The minimum atomic E-state index is -0.970. The van der Waals surface area contributed by atoms with Crippen LogP contribution < -0.4 is 20.7 Å². The maximum atomic E-state index is 12.8. The van der Waals surface area contributed by atoms with Gasteiger partial charge in [0.2, 0.25) is 0 Å². The van der Waals surface area contributed by atoms with Crippen LogP contribution in [0.25, 0.3) is 0 Å². The fraction of sp³-hybridized carbons (Fsp3) is 0.618. The number of aryl methyl sites for hydroxylation is 4. The summed E-state index contributed by atoms with van der Waals surface area (Å²) in [5.74, 6) is 0.634. The number of hydrogen-bond acceptors (Lipinski definition) is 9. The molecule has 2 saturated heterocycles. The van der Waals surface area contributed by atoms with E-state index in [1.54, 1.807) is 16.4 Å². The summed E-state index contributed by atoms with van der Waals surface area (Å²) >= 11 is 0. The van der Waals surface area contributed by atoms with Crippen molar-refractivity contribution in [3.8, 4) is 0 Å². The zero-order valence-electron chi connectivity index (χ0n) is 29.7. The summed E-state index contributed by atoms with van der Waals surface area (Å²) in [6.45, 7) is 16.6. The highest BCUT2D eigenvalue weighted by Crippen LogP contribution is 2.29. The number of anilines is 2. The second-order valence-electron chi connectivity index (χ2n) is 12.5. The van der Waals surface area contributed by atoms with E-state index in [9.17, 15) is 14.4 Å². The third-order valence-corrected chi connectivity index (χ3v) is 9.32. The molecule has 1 amide bonds. The fourth-order valence-corrected chi connectivity index (χ4v) is 6.97. The average Bonchev–Trinajstić information content (AvgIpc) is 3.52. The number of carbonyl (C=O) groups is 2. The number of rotatable bonds is 10. The fourth-order valence-electron chi connectivity index (χ4n) is 6.97. The molecule has 264 valence electrons. The summed E-state index contributed by atoms with van der Waals surface area (Å²) in [6, 6.07) is 2.68. The van der Waals surface area contributed by atoms with Crippen LogP contribution in [-0.2, 0) is 30.1 Å². The Balaban J connectivity index is 0.000000237. The summed E-state index contributed by atoms with van der Waals surface area (Å²) < 4.78 is 14.3. The van der Waals surface area contributed by atoms with E-state index >= 15 is 0 Å². The number of ether oxygens (including phenoxy) is 2. The molecule has 0 aromatic carbocycles. The van der Waals surface area contributed by atoms with Gasteiger partial charge in [-0.25, -0.2) is 4.79 Å². The highest BCUT2D eigenvalue weighted by molar-refractivity contribution is 5.95. The molecule has 5 heterocycles. The van der Waals surface area contributed by atoms with Crippen LogP contribution in [0.4, 0.5) is 11.6 Å². The summed E-state index contributed by atoms with van der Waals surface area (Å²) in [4.78, 5) is 43.5. The van der Waals surface area contributed by atoms with Crippen molar-refractivity contribution in [2.75, 3.05) is 49.3 Å². The van der Waals surface area contributed by atoms with Crippen molar-refractivity contribution < 1.29 is 24.2 Å². The third-order valence-electron chi connectivity index (χ3n) is 9.32. The first-order valence-corrected chi connectivity index (χ1v) is 16.9. The van der Waals surface area contributed by atoms with Crippen molar-refractivity contribution in [3.63, 3.8) is 0 Å². The van der Waals surface area contributed by atoms with Gasteiger partial charge in [0.15, 0.2) is 11.4 Å². The van der Waals surface area contributed by atoms with E-state index in [1.165, 1.54) is 0 Å². The molecule has 0 bridgehead atoms. The highest BCUT2D eigenvalue weighted by Gasteiger charge is 2.29. The number of carboxylic acids is 1. The molecular weight excluding hydrogens is 616 g/mol. The van der Waals surface area contributed by atoms with E-state index < -0.39 is 5.97 Å². The molecule has 0 aliphatic carbocycles. The zero-order valence-corrected chi connectivity index (χ0v) is 29.7. The van der Waals surface area contributed by atoms with Crippen LogP contribution in [-0.4, -0.2) is 93.1 Å². The number of aromatic nitrogens is 5.